The summed E-state index contributed by atoms with van der Waals surface area (Å²) in [7, 11) is 0. The van der Waals surface area contributed by atoms with Gasteiger partial charge in [-0.15, -0.1) is 0 Å². The SMILES string of the molecule is CCCCCC/C=C(\CC)CCC#N. The van der Waals surface area contributed by atoms with Crippen molar-refractivity contribution >= 4 is 0 Å². The van der Waals surface area contributed by atoms with Gasteiger partial charge in [-0.25, -0.2) is 0 Å². The van der Waals surface area contributed by atoms with Gasteiger partial charge < -0.3 is 0 Å². The molecule has 0 amide bonds. The molecular weight excluding hydrogens is 170 g/mol. The van der Waals surface area contributed by atoms with Crippen LogP contribution in [0.15, 0.2) is 11.6 Å². The fourth-order valence-corrected chi connectivity index (χ4v) is 1.52. The molecule has 0 aliphatic carbocycles. The second-order valence-electron chi connectivity index (χ2n) is 3.72. The van der Waals surface area contributed by atoms with Gasteiger partial charge in [0.2, 0.25) is 0 Å². The van der Waals surface area contributed by atoms with Crippen molar-refractivity contribution < 1.29 is 0 Å². The predicted octanol–water partition coefficient (Wildman–Crippen LogP) is 4.60. The molecule has 0 spiro atoms. The Morgan fingerprint density at radius 1 is 1.21 bits per heavy atom. The third kappa shape index (κ3) is 7.86. The van der Waals surface area contributed by atoms with Gasteiger partial charge in [0.25, 0.3) is 0 Å². The molecule has 0 bridgehead atoms. The quantitative estimate of drug-likeness (QED) is 0.408. The molecule has 0 unspecified atom stereocenters. The average molecular weight is 193 g/mol. The minimum absolute atomic E-state index is 0.675. The van der Waals surface area contributed by atoms with Crippen LogP contribution in [0.25, 0.3) is 0 Å². The Hall–Kier alpha value is -0.770. The van der Waals surface area contributed by atoms with Gasteiger partial charge in [-0.3, -0.25) is 0 Å². The van der Waals surface area contributed by atoms with E-state index in [0.717, 1.165) is 12.8 Å². The molecule has 0 saturated carbocycles. The van der Waals surface area contributed by atoms with Gasteiger partial charge in [0.15, 0.2) is 0 Å². The van der Waals surface area contributed by atoms with Gasteiger partial charge in [-0.05, 0) is 25.7 Å². The van der Waals surface area contributed by atoms with Crippen LogP contribution >= 0.6 is 0 Å². The molecule has 0 aromatic heterocycles. The summed E-state index contributed by atoms with van der Waals surface area (Å²) in [5.41, 5.74) is 1.46. The highest BCUT2D eigenvalue weighted by Gasteiger charge is 1.93. The van der Waals surface area contributed by atoms with Crippen LogP contribution in [0.1, 0.15) is 65.2 Å². The van der Waals surface area contributed by atoms with Crippen LogP contribution in [0, 0.1) is 11.3 Å². The van der Waals surface area contributed by atoms with E-state index in [1.807, 2.05) is 0 Å². The standard InChI is InChI=1S/C13H23N/c1-3-5-6-7-8-10-13(4-2)11-9-12-14/h10H,3-9,11H2,1-2H3/b13-10+. The lowest BCUT2D eigenvalue weighted by atomic mass is 10.0. The topological polar surface area (TPSA) is 23.8 Å². The van der Waals surface area contributed by atoms with Crippen LogP contribution < -0.4 is 0 Å². The Bertz CT molecular complexity index is 186. The molecule has 0 aliphatic rings. The van der Waals surface area contributed by atoms with Gasteiger partial charge in [0, 0.05) is 6.42 Å². The van der Waals surface area contributed by atoms with Crippen LogP contribution in [-0.4, -0.2) is 0 Å². The lowest BCUT2D eigenvalue weighted by Crippen LogP contribution is -1.82. The van der Waals surface area contributed by atoms with Crippen molar-refractivity contribution in [3.8, 4) is 6.07 Å². The molecule has 0 aliphatic heterocycles. The van der Waals surface area contributed by atoms with Crippen LogP contribution in [0.3, 0.4) is 0 Å². The molecule has 80 valence electrons. The van der Waals surface area contributed by atoms with Crippen molar-refractivity contribution in [3.05, 3.63) is 11.6 Å². The van der Waals surface area contributed by atoms with Crippen molar-refractivity contribution in [3.63, 3.8) is 0 Å². The molecule has 0 radical (unpaired) electrons. The molecule has 0 N–H and O–H groups in total. The number of hydrogen-bond donors (Lipinski definition) is 0. The van der Waals surface area contributed by atoms with Gasteiger partial charge >= 0.3 is 0 Å². The van der Waals surface area contributed by atoms with Crippen molar-refractivity contribution in [1.82, 2.24) is 0 Å². The smallest absolute Gasteiger partial charge is 0.0625 e. The number of nitriles is 1. The van der Waals surface area contributed by atoms with Gasteiger partial charge in [0.1, 0.15) is 0 Å². The molecule has 0 aromatic carbocycles. The zero-order valence-corrected chi connectivity index (χ0v) is 9.68. The lowest BCUT2D eigenvalue weighted by molar-refractivity contribution is 0.671. The first-order valence-electron chi connectivity index (χ1n) is 5.90. The number of hydrogen-bond acceptors (Lipinski definition) is 1. The molecule has 0 fully saturated rings. The van der Waals surface area contributed by atoms with E-state index in [2.05, 4.69) is 26.0 Å². The van der Waals surface area contributed by atoms with Crippen molar-refractivity contribution in [2.24, 2.45) is 0 Å². The largest absolute Gasteiger partial charge is 0.198 e. The third-order valence-corrected chi connectivity index (χ3v) is 2.50. The third-order valence-electron chi connectivity index (χ3n) is 2.50. The van der Waals surface area contributed by atoms with E-state index in [1.54, 1.807) is 0 Å². The van der Waals surface area contributed by atoms with Crippen LogP contribution in [0.2, 0.25) is 0 Å². The monoisotopic (exact) mass is 193 g/mol. The van der Waals surface area contributed by atoms with Crippen molar-refractivity contribution in [1.29, 1.82) is 5.26 Å². The Labute approximate surface area is 88.8 Å². The highest BCUT2D eigenvalue weighted by atomic mass is 14.2. The van der Waals surface area contributed by atoms with Crippen LogP contribution in [-0.2, 0) is 0 Å². The molecular formula is C13H23N. The molecule has 0 saturated heterocycles. The molecule has 0 atom stereocenters. The van der Waals surface area contributed by atoms with E-state index >= 15 is 0 Å². The Balaban J connectivity index is 3.54. The van der Waals surface area contributed by atoms with Gasteiger partial charge in [0.05, 0.1) is 6.07 Å². The summed E-state index contributed by atoms with van der Waals surface area (Å²) in [5, 5.41) is 8.47. The lowest BCUT2D eigenvalue weighted by Gasteiger charge is -2.01. The summed E-state index contributed by atoms with van der Waals surface area (Å²) >= 11 is 0. The van der Waals surface area contributed by atoms with E-state index in [0.29, 0.717) is 6.42 Å². The maximum absolute atomic E-state index is 8.47. The molecule has 1 nitrogen and oxygen atoms in total. The summed E-state index contributed by atoms with van der Waals surface area (Å²) in [4.78, 5) is 0. The number of nitrogens with zero attached hydrogens (tertiary/aromatic N) is 1. The predicted molar refractivity (Wildman–Crippen MR) is 62.0 cm³/mol. The molecule has 14 heavy (non-hydrogen) atoms. The van der Waals surface area contributed by atoms with Crippen LogP contribution in [0.4, 0.5) is 0 Å². The highest BCUT2D eigenvalue weighted by Crippen LogP contribution is 2.12. The summed E-state index contributed by atoms with van der Waals surface area (Å²) in [6, 6.07) is 2.20. The Kier molecular flexibility index (Phi) is 9.74. The summed E-state index contributed by atoms with van der Waals surface area (Å²) in [6.45, 7) is 4.41. The first-order valence-corrected chi connectivity index (χ1v) is 5.90. The molecule has 0 aromatic rings. The fourth-order valence-electron chi connectivity index (χ4n) is 1.52. The summed E-state index contributed by atoms with van der Waals surface area (Å²) < 4.78 is 0. The first-order chi connectivity index (χ1) is 6.85. The van der Waals surface area contributed by atoms with Crippen molar-refractivity contribution in [2.75, 3.05) is 0 Å². The van der Waals surface area contributed by atoms with E-state index in [-0.39, 0.29) is 0 Å². The van der Waals surface area contributed by atoms with E-state index < -0.39 is 0 Å². The summed E-state index contributed by atoms with van der Waals surface area (Å²) in [6.07, 6.45) is 11.6. The fraction of sp³-hybridized carbons (Fsp3) is 0.769. The highest BCUT2D eigenvalue weighted by molar-refractivity contribution is 5.02. The minimum atomic E-state index is 0.675. The number of allylic oxidation sites excluding steroid dienone is 2. The maximum atomic E-state index is 8.47. The molecule has 0 rings (SSSR count). The maximum Gasteiger partial charge on any atom is 0.0625 e. The number of unbranched alkanes of at least 4 members (excludes halogenated alkanes) is 4. The Morgan fingerprint density at radius 3 is 2.57 bits per heavy atom. The zero-order chi connectivity index (χ0) is 10.6. The normalized spacial score (nSPS) is 11.4. The van der Waals surface area contributed by atoms with Gasteiger partial charge in [-0.2, -0.15) is 5.26 Å². The first kappa shape index (κ1) is 13.2. The molecule has 0 heterocycles. The van der Waals surface area contributed by atoms with Crippen molar-refractivity contribution in [2.45, 2.75) is 65.2 Å². The van der Waals surface area contributed by atoms with Gasteiger partial charge in [-0.1, -0.05) is 44.8 Å². The number of rotatable bonds is 8. The van der Waals surface area contributed by atoms with E-state index in [1.165, 1.54) is 37.7 Å². The molecule has 1 heteroatoms. The van der Waals surface area contributed by atoms with Crippen LogP contribution in [0.5, 0.6) is 0 Å². The second kappa shape index (κ2) is 10.3. The second-order valence-corrected chi connectivity index (χ2v) is 3.72. The summed E-state index contributed by atoms with van der Waals surface area (Å²) in [5.74, 6) is 0. The zero-order valence-electron chi connectivity index (χ0n) is 9.68. The Morgan fingerprint density at radius 2 is 2.00 bits per heavy atom. The minimum Gasteiger partial charge on any atom is -0.198 e. The van der Waals surface area contributed by atoms with E-state index in [4.69, 9.17) is 5.26 Å². The van der Waals surface area contributed by atoms with E-state index in [9.17, 15) is 0 Å². The average Bonchev–Trinajstić information content (AvgIpc) is 2.22.